The molecule has 0 saturated heterocycles. The topological polar surface area (TPSA) is 32.3 Å². The minimum atomic E-state index is -0.0522. The Kier molecular flexibility index (Phi) is 7.39. The first-order valence-corrected chi connectivity index (χ1v) is 6.05. The van der Waals surface area contributed by atoms with Crippen LogP contribution in [0.1, 0.15) is 41.0 Å². The van der Waals surface area contributed by atoms with Gasteiger partial charge < -0.3 is 10.2 Å². The van der Waals surface area contributed by atoms with Crippen molar-refractivity contribution in [1.82, 2.24) is 10.2 Å². The molecular weight excluding hydrogens is 188 g/mol. The van der Waals surface area contributed by atoms with Gasteiger partial charge in [0.05, 0.1) is 6.04 Å². The molecule has 0 fully saturated rings. The van der Waals surface area contributed by atoms with E-state index in [2.05, 4.69) is 19.2 Å². The zero-order chi connectivity index (χ0) is 11.8. The molecule has 3 heteroatoms. The second kappa shape index (κ2) is 7.69. The van der Waals surface area contributed by atoms with E-state index in [1.807, 2.05) is 25.7 Å². The Labute approximate surface area is 94.2 Å². The molecule has 0 aliphatic carbocycles. The number of amides is 1. The van der Waals surface area contributed by atoms with Gasteiger partial charge in [0.15, 0.2) is 0 Å². The first kappa shape index (κ1) is 14.4. The van der Waals surface area contributed by atoms with Crippen LogP contribution in [0.15, 0.2) is 0 Å². The monoisotopic (exact) mass is 214 g/mol. The predicted octanol–water partition coefficient (Wildman–Crippen LogP) is 1.88. The van der Waals surface area contributed by atoms with Gasteiger partial charge in [-0.05, 0) is 39.7 Å². The van der Waals surface area contributed by atoms with Crippen molar-refractivity contribution in [2.45, 2.75) is 47.1 Å². The quantitative estimate of drug-likeness (QED) is 0.702. The van der Waals surface area contributed by atoms with Crippen LogP contribution in [0.3, 0.4) is 0 Å². The van der Waals surface area contributed by atoms with Crippen molar-refractivity contribution in [3.8, 4) is 0 Å². The van der Waals surface area contributed by atoms with Crippen molar-refractivity contribution >= 4 is 5.91 Å². The van der Waals surface area contributed by atoms with Crippen molar-refractivity contribution in [3.05, 3.63) is 0 Å². The van der Waals surface area contributed by atoms with Gasteiger partial charge in [0.2, 0.25) is 5.91 Å². The van der Waals surface area contributed by atoms with Crippen LogP contribution < -0.4 is 5.32 Å². The van der Waals surface area contributed by atoms with Crippen molar-refractivity contribution in [3.63, 3.8) is 0 Å². The summed E-state index contributed by atoms with van der Waals surface area (Å²) in [4.78, 5) is 13.7. The Bertz CT molecular complexity index is 176. The number of rotatable bonds is 7. The molecule has 0 aliphatic rings. The number of carbonyl (C=O) groups excluding carboxylic acids is 1. The molecule has 0 aromatic carbocycles. The van der Waals surface area contributed by atoms with E-state index >= 15 is 0 Å². The number of likely N-dealkylation sites (N-methyl/N-ethyl adjacent to an activating group) is 1. The van der Waals surface area contributed by atoms with Crippen molar-refractivity contribution in [2.75, 3.05) is 19.6 Å². The van der Waals surface area contributed by atoms with Crippen LogP contribution in [0.4, 0.5) is 0 Å². The van der Waals surface area contributed by atoms with Gasteiger partial charge in [-0.15, -0.1) is 0 Å². The number of nitrogens with zero attached hydrogens (tertiary/aromatic N) is 1. The molecular formula is C12H26N2O. The molecule has 0 radical (unpaired) electrons. The number of hydrogen-bond acceptors (Lipinski definition) is 2. The molecule has 0 rings (SSSR count). The van der Waals surface area contributed by atoms with Crippen molar-refractivity contribution in [1.29, 1.82) is 0 Å². The van der Waals surface area contributed by atoms with E-state index in [4.69, 9.17) is 0 Å². The Balaban J connectivity index is 3.87. The molecule has 1 N–H and O–H groups in total. The molecule has 0 spiro atoms. The number of hydrogen-bond donors (Lipinski definition) is 1. The summed E-state index contributed by atoms with van der Waals surface area (Å²) in [6.07, 6.45) is 1.12. The molecule has 15 heavy (non-hydrogen) atoms. The normalized spacial score (nSPS) is 12.9. The largest absolute Gasteiger partial charge is 0.342 e. The Hall–Kier alpha value is -0.570. The molecule has 0 aromatic heterocycles. The highest BCUT2D eigenvalue weighted by molar-refractivity contribution is 5.81. The van der Waals surface area contributed by atoms with E-state index in [1.165, 1.54) is 0 Å². The second-order valence-electron chi connectivity index (χ2n) is 4.37. The molecule has 0 aromatic rings. The molecule has 3 nitrogen and oxygen atoms in total. The molecule has 0 heterocycles. The van der Waals surface area contributed by atoms with Crippen molar-refractivity contribution in [2.24, 2.45) is 5.92 Å². The summed E-state index contributed by atoms with van der Waals surface area (Å²) >= 11 is 0. The molecule has 0 aliphatic heterocycles. The summed E-state index contributed by atoms with van der Waals surface area (Å²) in [6.45, 7) is 12.9. The van der Waals surface area contributed by atoms with Crippen LogP contribution in [0.2, 0.25) is 0 Å². The maximum atomic E-state index is 11.8. The fourth-order valence-electron chi connectivity index (χ4n) is 1.48. The van der Waals surface area contributed by atoms with Crippen LogP contribution in [-0.4, -0.2) is 36.5 Å². The van der Waals surface area contributed by atoms with Gasteiger partial charge in [-0.1, -0.05) is 13.8 Å². The highest BCUT2D eigenvalue weighted by Crippen LogP contribution is 1.99. The first-order valence-electron chi connectivity index (χ1n) is 6.05. The average molecular weight is 214 g/mol. The summed E-state index contributed by atoms with van der Waals surface area (Å²) < 4.78 is 0. The van der Waals surface area contributed by atoms with Crippen LogP contribution in [0.25, 0.3) is 0 Å². The summed E-state index contributed by atoms with van der Waals surface area (Å²) in [5.41, 5.74) is 0. The highest BCUT2D eigenvalue weighted by Gasteiger charge is 2.16. The van der Waals surface area contributed by atoms with Crippen molar-refractivity contribution < 1.29 is 4.79 Å². The van der Waals surface area contributed by atoms with Gasteiger partial charge in [-0.25, -0.2) is 0 Å². The molecule has 90 valence electrons. The lowest BCUT2D eigenvalue weighted by Gasteiger charge is -2.23. The van der Waals surface area contributed by atoms with E-state index in [9.17, 15) is 4.79 Å². The van der Waals surface area contributed by atoms with E-state index < -0.39 is 0 Å². The second-order valence-corrected chi connectivity index (χ2v) is 4.37. The predicted molar refractivity (Wildman–Crippen MR) is 64.8 cm³/mol. The SMILES string of the molecule is CCN(CC)C(=O)C(C)NCCC(C)C. The standard InChI is InChI=1S/C12H26N2O/c1-6-14(7-2)12(15)11(5)13-9-8-10(3)4/h10-11,13H,6-9H2,1-5H3. The number of nitrogens with one attached hydrogen (secondary N) is 1. The molecule has 0 saturated carbocycles. The van der Waals surface area contributed by atoms with E-state index in [0.29, 0.717) is 5.92 Å². The average Bonchev–Trinajstić information content (AvgIpc) is 2.18. The fraction of sp³-hybridized carbons (Fsp3) is 0.917. The molecule has 1 amide bonds. The van der Waals surface area contributed by atoms with Gasteiger partial charge in [-0.2, -0.15) is 0 Å². The van der Waals surface area contributed by atoms with Gasteiger partial charge >= 0.3 is 0 Å². The minimum Gasteiger partial charge on any atom is -0.342 e. The van der Waals surface area contributed by atoms with E-state index in [-0.39, 0.29) is 11.9 Å². The maximum absolute atomic E-state index is 11.8. The van der Waals surface area contributed by atoms with Crippen LogP contribution >= 0.6 is 0 Å². The van der Waals surface area contributed by atoms with Crippen LogP contribution in [0.5, 0.6) is 0 Å². The van der Waals surface area contributed by atoms with Gasteiger partial charge in [0, 0.05) is 13.1 Å². The smallest absolute Gasteiger partial charge is 0.239 e. The third kappa shape index (κ3) is 5.78. The summed E-state index contributed by atoms with van der Waals surface area (Å²) in [5.74, 6) is 0.900. The molecule has 1 atom stereocenters. The van der Waals surface area contributed by atoms with Crippen LogP contribution in [0, 0.1) is 5.92 Å². The summed E-state index contributed by atoms with van der Waals surface area (Å²) in [7, 11) is 0. The lowest BCUT2D eigenvalue weighted by molar-refractivity contribution is -0.132. The lowest BCUT2D eigenvalue weighted by Crippen LogP contribution is -2.45. The summed E-state index contributed by atoms with van der Waals surface area (Å²) in [6, 6.07) is -0.0522. The summed E-state index contributed by atoms with van der Waals surface area (Å²) in [5, 5.41) is 3.27. The first-order chi connectivity index (χ1) is 7.02. The van der Waals surface area contributed by atoms with Gasteiger partial charge in [0.1, 0.15) is 0 Å². The van der Waals surface area contributed by atoms with Gasteiger partial charge in [0.25, 0.3) is 0 Å². The Morgan fingerprint density at radius 1 is 1.20 bits per heavy atom. The third-order valence-electron chi connectivity index (χ3n) is 2.62. The zero-order valence-electron chi connectivity index (χ0n) is 10.8. The molecule has 1 unspecified atom stereocenters. The fourth-order valence-corrected chi connectivity index (χ4v) is 1.48. The minimum absolute atomic E-state index is 0.0522. The zero-order valence-corrected chi connectivity index (χ0v) is 10.8. The molecule has 0 bridgehead atoms. The third-order valence-corrected chi connectivity index (χ3v) is 2.62. The highest BCUT2D eigenvalue weighted by atomic mass is 16.2. The Morgan fingerprint density at radius 3 is 2.13 bits per heavy atom. The van der Waals surface area contributed by atoms with Gasteiger partial charge in [-0.3, -0.25) is 4.79 Å². The maximum Gasteiger partial charge on any atom is 0.239 e. The lowest BCUT2D eigenvalue weighted by atomic mass is 10.1. The van der Waals surface area contributed by atoms with Crippen LogP contribution in [-0.2, 0) is 4.79 Å². The number of carbonyl (C=O) groups is 1. The van der Waals surface area contributed by atoms with E-state index in [0.717, 1.165) is 26.1 Å². The Morgan fingerprint density at radius 2 is 1.73 bits per heavy atom. The van der Waals surface area contributed by atoms with E-state index in [1.54, 1.807) is 0 Å².